The molecular formula is C34H24F18N2O5S. The molecule has 0 saturated heterocycles. The summed E-state index contributed by atoms with van der Waals surface area (Å²) < 4.78 is 276. The zero-order valence-corrected chi connectivity index (χ0v) is 30.4. The number of hydrogen-bond donors (Lipinski definition) is 0. The van der Waals surface area contributed by atoms with E-state index in [1.54, 1.807) is 0 Å². The van der Waals surface area contributed by atoms with Gasteiger partial charge in [0.2, 0.25) is 0 Å². The molecule has 7 nitrogen and oxygen atoms in total. The molecule has 1 heterocycles. The van der Waals surface area contributed by atoms with Crippen LogP contribution in [-0.2, 0) is 25.8 Å². The predicted molar refractivity (Wildman–Crippen MR) is 172 cm³/mol. The number of nitro benzene ring substituents is 1. The summed E-state index contributed by atoms with van der Waals surface area (Å²) in [6, 6.07) is 10.9. The van der Waals surface area contributed by atoms with Crippen LogP contribution in [0, 0.1) is 15.9 Å². The zero-order chi connectivity index (χ0) is 46.1. The van der Waals surface area contributed by atoms with E-state index in [2.05, 4.69) is 0 Å². The summed E-state index contributed by atoms with van der Waals surface area (Å²) in [5.74, 6) is -64.2. The van der Waals surface area contributed by atoms with Crippen molar-refractivity contribution < 1.29 is 97.2 Å². The smallest absolute Gasteiger partial charge is 0.310 e. The van der Waals surface area contributed by atoms with E-state index in [1.165, 1.54) is 13.0 Å². The van der Waals surface area contributed by atoms with Crippen molar-refractivity contribution in [2.24, 2.45) is 0 Å². The summed E-state index contributed by atoms with van der Waals surface area (Å²) >= 11 is 0. The van der Waals surface area contributed by atoms with Crippen molar-refractivity contribution in [3.05, 3.63) is 93.8 Å². The molecule has 0 bridgehead atoms. The summed E-state index contributed by atoms with van der Waals surface area (Å²) in [6.45, 7) is 0.982. The molecule has 1 amide bonds. The van der Waals surface area contributed by atoms with Crippen molar-refractivity contribution in [3.63, 3.8) is 0 Å². The van der Waals surface area contributed by atoms with Crippen LogP contribution in [0.2, 0.25) is 0 Å². The number of amides is 1. The Morgan fingerprint density at radius 3 is 1.67 bits per heavy atom. The predicted octanol–water partition coefficient (Wildman–Crippen LogP) is 10.4. The molecule has 1 aliphatic heterocycles. The van der Waals surface area contributed by atoms with Gasteiger partial charge in [-0.2, -0.15) is 74.6 Å². The van der Waals surface area contributed by atoms with E-state index in [9.17, 15) is 93.6 Å². The number of fused-ring (bicyclic) bond motifs is 1. The number of carbonyl (C=O) groups excluding carboxylic acids is 1. The van der Waals surface area contributed by atoms with Crippen LogP contribution in [-0.4, -0.2) is 79.2 Å². The molecular weight excluding hydrogens is 890 g/mol. The molecule has 1 unspecified atom stereocenters. The molecule has 0 aliphatic carbocycles. The maximum atomic E-state index is 15.2. The van der Waals surface area contributed by atoms with Gasteiger partial charge in [0.25, 0.3) is 11.6 Å². The summed E-state index contributed by atoms with van der Waals surface area (Å²) in [5, 5.41) is 11.9. The highest BCUT2D eigenvalue weighted by molar-refractivity contribution is 7.93. The normalized spacial score (nSPS) is 17.6. The summed E-state index contributed by atoms with van der Waals surface area (Å²) in [6.07, 6.45) is -12.8. The van der Waals surface area contributed by atoms with E-state index in [4.69, 9.17) is 0 Å². The Hall–Kier alpha value is -4.78. The van der Waals surface area contributed by atoms with Gasteiger partial charge in [-0.1, -0.05) is 43.3 Å². The van der Waals surface area contributed by atoms with E-state index in [0.29, 0.717) is 4.90 Å². The number of rotatable bonds is 16. The highest BCUT2D eigenvalue weighted by atomic mass is 32.2. The average molecular weight is 915 g/mol. The first-order valence-electron chi connectivity index (χ1n) is 16.4. The first-order valence-corrected chi connectivity index (χ1v) is 18.1. The molecule has 3 aromatic carbocycles. The highest BCUT2D eigenvalue weighted by Crippen LogP contribution is 2.64. The van der Waals surface area contributed by atoms with E-state index < -0.39 is 121 Å². The molecule has 1 aliphatic rings. The minimum Gasteiger partial charge on any atom is -0.310 e. The van der Waals surface area contributed by atoms with Gasteiger partial charge in [0.05, 0.1) is 10.7 Å². The van der Waals surface area contributed by atoms with Crippen molar-refractivity contribution in [1.82, 2.24) is 0 Å². The van der Waals surface area contributed by atoms with Crippen LogP contribution in [0.5, 0.6) is 0 Å². The lowest BCUT2D eigenvalue weighted by Crippen LogP contribution is -2.74. The quantitative estimate of drug-likeness (QED) is 0.0810. The minimum absolute atomic E-state index is 0.0291. The van der Waals surface area contributed by atoms with Gasteiger partial charge in [-0.25, -0.2) is 12.8 Å². The highest BCUT2D eigenvalue weighted by Gasteiger charge is 2.95. The summed E-state index contributed by atoms with van der Waals surface area (Å²) in [4.78, 5) is 25.8. The molecule has 0 radical (unpaired) electrons. The Morgan fingerprint density at radius 2 is 1.17 bits per heavy atom. The maximum Gasteiger partial charge on any atom is 0.460 e. The zero-order valence-electron chi connectivity index (χ0n) is 29.5. The number of nitro groups is 1. The largest absolute Gasteiger partial charge is 0.460 e. The van der Waals surface area contributed by atoms with Crippen LogP contribution >= 0.6 is 0 Å². The molecule has 0 aromatic heterocycles. The van der Waals surface area contributed by atoms with Crippen LogP contribution in [0.4, 0.5) is 90.4 Å². The molecule has 26 heteroatoms. The van der Waals surface area contributed by atoms with Gasteiger partial charge in [0.1, 0.15) is 5.82 Å². The number of carbonyl (C=O) groups is 1. The molecule has 0 N–H and O–H groups in total. The summed E-state index contributed by atoms with van der Waals surface area (Å²) in [7, 11) is -6.16. The van der Waals surface area contributed by atoms with E-state index in [-0.39, 0.29) is 23.2 Å². The second-order valence-electron chi connectivity index (χ2n) is 13.3. The van der Waals surface area contributed by atoms with Crippen LogP contribution in [0.25, 0.3) is 11.1 Å². The Balaban J connectivity index is 1.91. The van der Waals surface area contributed by atoms with Gasteiger partial charge in [-0.3, -0.25) is 14.9 Å². The lowest BCUT2D eigenvalue weighted by molar-refractivity contribution is -0.461. The number of sulfone groups is 1. The van der Waals surface area contributed by atoms with Gasteiger partial charge in [0.15, 0.2) is 14.6 Å². The number of halogens is 18. The van der Waals surface area contributed by atoms with E-state index >= 15 is 8.78 Å². The fourth-order valence-corrected chi connectivity index (χ4v) is 8.41. The van der Waals surface area contributed by atoms with Crippen LogP contribution < -0.4 is 4.90 Å². The first-order chi connectivity index (χ1) is 27.1. The minimum atomic E-state index is -8.91. The molecule has 0 spiro atoms. The molecule has 60 heavy (non-hydrogen) atoms. The fraction of sp³-hybridized carbons (Fsp3) is 0.441. The number of nitrogens with zero attached hydrogens (tertiary/aromatic N) is 2. The average Bonchev–Trinajstić information content (AvgIpc) is 3.37. The second-order valence-corrected chi connectivity index (χ2v) is 15.6. The third-order valence-electron chi connectivity index (χ3n) is 9.57. The molecule has 4 rings (SSSR count). The van der Waals surface area contributed by atoms with Gasteiger partial charge in [-0.05, 0) is 41.8 Å². The number of anilines is 1. The lowest BCUT2D eigenvalue weighted by Gasteiger charge is -2.42. The Bertz CT molecular complexity index is 2250. The number of benzene rings is 3. The second kappa shape index (κ2) is 15.0. The molecule has 0 fully saturated rings. The third kappa shape index (κ3) is 6.98. The molecule has 332 valence electrons. The Labute approximate surface area is 325 Å². The van der Waals surface area contributed by atoms with Gasteiger partial charge in [-0.15, -0.1) is 0 Å². The Kier molecular flexibility index (Phi) is 12.0. The number of para-hydroxylation sites is 1. The van der Waals surface area contributed by atoms with Gasteiger partial charge >= 0.3 is 47.6 Å². The van der Waals surface area contributed by atoms with Crippen molar-refractivity contribution in [3.8, 4) is 11.1 Å². The third-order valence-corrected chi connectivity index (χ3v) is 11.9. The fourth-order valence-electron chi connectivity index (χ4n) is 6.28. The first kappa shape index (κ1) is 47.9. The molecule has 0 saturated carbocycles. The maximum absolute atomic E-state index is 15.2. The molecule has 1 atom stereocenters. The van der Waals surface area contributed by atoms with Crippen LogP contribution in [0.1, 0.15) is 30.9 Å². The lowest BCUT2D eigenvalue weighted by atomic mass is 9.88. The van der Waals surface area contributed by atoms with Crippen molar-refractivity contribution in [1.29, 1.82) is 0 Å². The van der Waals surface area contributed by atoms with Gasteiger partial charge < -0.3 is 4.90 Å². The topological polar surface area (TPSA) is 97.6 Å². The van der Waals surface area contributed by atoms with Crippen LogP contribution in [0.15, 0.2) is 66.7 Å². The van der Waals surface area contributed by atoms with Crippen LogP contribution in [0.3, 0.4) is 0 Å². The Morgan fingerprint density at radius 1 is 0.683 bits per heavy atom. The summed E-state index contributed by atoms with van der Waals surface area (Å²) in [5.41, 5.74) is -2.79. The van der Waals surface area contributed by atoms with E-state index in [1.807, 2.05) is 0 Å². The van der Waals surface area contributed by atoms with E-state index in [0.717, 1.165) is 60.7 Å². The number of hydrogen-bond acceptors (Lipinski definition) is 5. The monoisotopic (exact) mass is 914 g/mol. The van der Waals surface area contributed by atoms with Crippen molar-refractivity contribution in [2.45, 2.75) is 78.6 Å². The number of alkyl halides is 17. The SMILES string of the molecule is CCCN1C(=O)C(Cc2ccccc2[N+](=O)[O-])(S(=O)(=O)CCC(F)(F)C(F)(F)C(F)(F)C(F)(F)C(F)(F)C(F)(F)C(F)(F)C(F)(F)F)c2cc(-c3ccc(F)cc3)ccc21. The van der Waals surface area contributed by atoms with Gasteiger partial charge in [0, 0.05) is 42.3 Å². The molecule has 3 aromatic rings. The van der Waals surface area contributed by atoms with Crippen molar-refractivity contribution >= 4 is 27.1 Å². The standard InChI is InChI=1S/C34H24F18N2O5S/c1-2-14-53-24-12-9-19(18-7-10-21(35)11-8-18)16-22(24)26(25(53)55,17-20-5-3-4-6-23(20)54(56)57)60(58,59)15-13-27(36,37)28(38,39)29(40,41)30(42,43)31(44,45)32(46,47)33(48,49)34(50,51)52/h3-12,16H,2,13-15,17H2,1H3. The van der Waals surface area contributed by atoms with Crippen molar-refractivity contribution in [2.75, 3.05) is 17.2 Å².